The Morgan fingerprint density at radius 2 is 1.83 bits per heavy atom. The highest BCUT2D eigenvalue weighted by atomic mass is 127. The molecular weight excluding hydrogens is 267 g/mol. The van der Waals surface area contributed by atoms with Crippen LogP contribution in [0.15, 0.2) is 45.8 Å². The number of para-hydroxylation sites is 1. The zero-order valence-corrected chi connectivity index (χ0v) is 8.52. The van der Waals surface area contributed by atoms with E-state index >= 15 is 0 Å². The number of hydrogen-bond donors (Lipinski definition) is 0. The fraction of sp³-hybridized carbons (Fsp3) is 0. The van der Waals surface area contributed by atoms with Crippen LogP contribution in [0.1, 0.15) is 0 Å². The molecule has 0 aliphatic carbocycles. The van der Waals surface area contributed by atoms with E-state index in [2.05, 4.69) is 0 Å². The van der Waals surface area contributed by atoms with Gasteiger partial charge in [-0.1, -0.05) is 12.1 Å². The van der Waals surface area contributed by atoms with Crippen molar-refractivity contribution in [2.45, 2.75) is 0 Å². The van der Waals surface area contributed by atoms with Crippen molar-refractivity contribution in [3.63, 3.8) is 0 Å². The van der Waals surface area contributed by atoms with Crippen molar-refractivity contribution in [2.24, 2.45) is 0 Å². The lowest BCUT2D eigenvalue weighted by molar-refractivity contribution is 0.602. The summed E-state index contributed by atoms with van der Waals surface area (Å²) in [5.41, 5.74) is 0.645. The summed E-state index contributed by atoms with van der Waals surface area (Å²) in [5.74, 6) is 0. The number of halogens is 1. The Balaban J connectivity index is 0.000000720. The highest BCUT2D eigenvalue weighted by Gasteiger charge is 1.95. The smallest absolute Gasteiger partial charge is 0.192 e. The molecule has 3 heteroatoms. The molecule has 0 saturated carbocycles. The van der Waals surface area contributed by atoms with Crippen molar-refractivity contribution in [3.8, 4) is 0 Å². The summed E-state index contributed by atoms with van der Waals surface area (Å²) < 4.78 is 5.09. The largest absolute Gasteiger partial charge is 0.464 e. The van der Waals surface area contributed by atoms with Gasteiger partial charge in [0.1, 0.15) is 5.58 Å². The lowest BCUT2D eigenvalue weighted by Gasteiger charge is -1.91. The molecule has 0 radical (unpaired) electrons. The van der Waals surface area contributed by atoms with E-state index in [9.17, 15) is 4.79 Å². The predicted octanol–water partition coefficient (Wildman–Crippen LogP) is 2.41. The van der Waals surface area contributed by atoms with Crippen LogP contribution >= 0.6 is 24.0 Å². The molecule has 0 amide bonds. The predicted molar refractivity (Wildman–Crippen MR) is 57.9 cm³/mol. The van der Waals surface area contributed by atoms with E-state index in [0.29, 0.717) is 11.0 Å². The Morgan fingerprint density at radius 1 is 1.08 bits per heavy atom. The van der Waals surface area contributed by atoms with Gasteiger partial charge in [0.05, 0.1) is 11.6 Å². The van der Waals surface area contributed by atoms with Crippen LogP contribution in [0.2, 0.25) is 0 Å². The molecule has 0 atom stereocenters. The summed E-state index contributed by atoms with van der Waals surface area (Å²) in [6.45, 7) is 0. The zero-order valence-electron chi connectivity index (χ0n) is 6.19. The van der Waals surface area contributed by atoms with Crippen molar-refractivity contribution < 1.29 is 4.42 Å². The molecule has 0 aliphatic rings. The van der Waals surface area contributed by atoms with Gasteiger partial charge in [0.2, 0.25) is 0 Å². The Labute approximate surface area is 86.2 Å². The van der Waals surface area contributed by atoms with Crippen LogP contribution in [0, 0.1) is 0 Å². The number of fused-ring (bicyclic) bond motifs is 1. The second-order valence-electron chi connectivity index (χ2n) is 2.28. The molecule has 1 aromatic heterocycles. The normalized spacial score (nSPS) is 9.33. The lowest BCUT2D eigenvalue weighted by atomic mass is 10.2. The fourth-order valence-corrected chi connectivity index (χ4v) is 1.03. The van der Waals surface area contributed by atoms with E-state index in [1.807, 2.05) is 12.1 Å². The molecule has 2 nitrogen and oxygen atoms in total. The Morgan fingerprint density at radius 3 is 2.58 bits per heavy atom. The van der Waals surface area contributed by atoms with E-state index in [1.54, 1.807) is 12.1 Å². The maximum Gasteiger partial charge on any atom is 0.192 e. The molecule has 62 valence electrons. The van der Waals surface area contributed by atoms with Crippen molar-refractivity contribution in [1.29, 1.82) is 0 Å². The second-order valence-corrected chi connectivity index (χ2v) is 2.28. The summed E-state index contributed by atoms with van der Waals surface area (Å²) in [5, 5.41) is 0.634. The Kier molecular flexibility index (Phi) is 2.86. The average molecular weight is 274 g/mol. The van der Waals surface area contributed by atoms with Gasteiger partial charge in [-0.3, -0.25) is 4.79 Å². The highest BCUT2D eigenvalue weighted by Crippen LogP contribution is 2.06. The van der Waals surface area contributed by atoms with Crippen LogP contribution in [0.5, 0.6) is 0 Å². The average Bonchev–Trinajstić information content (AvgIpc) is 2.06. The Hall–Kier alpha value is -0.840. The van der Waals surface area contributed by atoms with Gasteiger partial charge in [0.15, 0.2) is 5.43 Å². The van der Waals surface area contributed by atoms with Crippen molar-refractivity contribution in [1.82, 2.24) is 0 Å². The fourth-order valence-electron chi connectivity index (χ4n) is 1.03. The lowest BCUT2D eigenvalue weighted by Crippen LogP contribution is -1.96. The van der Waals surface area contributed by atoms with Gasteiger partial charge in [-0.2, -0.15) is 0 Å². The van der Waals surface area contributed by atoms with E-state index in [0.717, 1.165) is 0 Å². The van der Waals surface area contributed by atoms with Gasteiger partial charge in [-0.05, 0) is 12.1 Å². The van der Waals surface area contributed by atoms with E-state index in [4.69, 9.17) is 4.42 Å². The monoisotopic (exact) mass is 274 g/mol. The zero-order chi connectivity index (χ0) is 7.68. The van der Waals surface area contributed by atoms with Crippen LogP contribution in [0.4, 0.5) is 0 Å². The molecule has 12 heavy (non-hydrogen) atoms. The summed E-state index contributed by atoms with van der Waals surface area (Å²) in [6, 6.07) is 8.60. The molecule has 0 fully saturated rings. The summed E-state index contributed by atoms with van der Waals surface area (Å²) in [6.07, 6.45) is 1.41. The molecule has 0 aliphatic heterocycles. The summed E-state index contributed by atoms with van der Waals surface area (Å²) in [4.78, 5) is 11.1. The second kappa shape index (κ2) is 3.71. The maximum absolute atomic E-state index is 11.1. The van der Waals surface area contributed by atoms with Gasteiger partial charge in [-0.15, -0.1) is 24.0 Å². The first-order chi connectivity index (χ1) is 5.38. The first-order valence-electron chi connectivity index (χ1n) is 3.34. The van der Waals surface area contributed by atoms with Crippen molar-refractivity contribution >= 4 is 34.9 Å². The van der Waals surface area contributed by atoms with Crippen LogP contribution in [0.25, 0.3) is 11.0 Å². The molecule has 1 heterocycles. The van der Waals surface area contributed by atoms with Gasteiger partial charge in [-0.25, -0.2) is 0 Å². The third kappa shape index (κ3) is 1.50. The summed E-state index contributed by atoms with van der Waals surface area (Å²) >= 11 is 0. The third-order valence-corrected chi connectivity index (χ3v) is 1.57. The van der Waals surface area contributed by atoms with E-state index < -0.39 is 0 Å². The van der Waals surface area contributed by atoms with E-state index in [1.165, 1.54) is 12.3 Å². The van der Waals surface area contributed by atoms with Crippen molar-refractivity contribution in [3.05, 3.63) is 46.8 Å². The van der Waals surface area contributed by atoms with Crippen LogP contribution < -0.4 is 5.43 Å². The summed E-state index contributed by atoms with van der Waals surface area (Å²) in [7, 11) is 0. The third-order valence-electron chi connectivity index (χ3n) is 1.57. The van der Waals surface area contributed by atoms with Crippen molar-refractivity contribution in [2.75, 3.05) is 0 Å². The minimum atomic E-state index is 0. The minimum Gasteiger partial charge on any atom is -0.464 e. The maximum atomic E-state index is 11.1. The van der Waals surface area contributed by atoms with Gasteiger partial charge >= 0.3 is 0 Å². The van der Waals surface area contributed by atoms with Gasteiger partial charge in [0.25, 0.3) is 0 Å². The molecule has 0 bridgehead atoms. The first-order valence-corrected chi connectivity index (χ1v) is 3.34. The highest BCUT2D eigenvalue weighted by molar-refractivity contribution is 14.0. The van der Waals surface area contributed by atoms with Crippen LogP contribution in [-0.4, -0.2) is 0 Å². The van der Waals surface area contributed by atoms with Gasteiger partial charge < -0.3 is 4.42 Å². The van der Waals surface area contributed by atoms with Crippen LogP contribution in [-0.2, 0) is 0 Å². The molecule has 2 rings (SSSR count). The number of hydrogen-bond acceptors (Lipinski definition) is 2. The van der Waals surface area contributed by atoms with Gasteiger partial charge in [0, 0.05) is 6.07 Å². The molecule has 0 saturated heterocycles. The van der Waals surface area contributed by atoms with E-state index in [-0.39, 0.29) is 29.4 Å². The molecule has 0 N–H and O–H groups in total. The topological polar surface area (TPSA) is 30.2 Å². The molecule has 0 unspecified atom stereocenters. The molecule has 2 aromatic rings. The SMILES string of the molecule is I.O=c1ccoc2ccccc12. The first kappa shape index (κ1) is 9.25. The molecular formula is C9H7IO2. The Bertz CT molecular complexity index is 428. The quantitative estimate of drug-likeness (QED) is 0.690. The molecule has 0 spiro atoms. The standard InChI is InChI=1S/C9H6O2.HI/c10-8-5-6-11-9-4-2-1-3-7(8)9;/h1-6H;1H. The number of benzene rings is 1. The van der Waals surface area contributed by atoms with Crippen LogP contribution in [0.3, 0.4) is 0 Å². The molecule has 1 aromatic carbocycles. The minimum absolute atomic E-state index is 0. The number of rotatable bonds is 0.